The standard InChI is InChI=1S/C23H25N3O2/c1-28-22-9-6-17(7-10-22)13-25-14-19-5-8-21(16-25)26(15-19)23(27)20-4-2-3-18(11-20)12-24/h2-4,6-7,9-11,19,21H,5,8,13-16H2,1H3/t19-,21+/m1/s1. The SMILES string of the molecule is COc1ccc(CN2C[C@H]3CC[C@@H](C2)N(C(=O)c2cccc(C#N)c2)C3)cc1. The fourth-order valence-electron chi connectivity index (χ4n) is 4.43. The zero-order chi connectivity index (χ0) is 19.5. The second kappa shape index (κ2) is 8.04. The van der Waals surface area contributed by atoms with Gasteiger partial charge in [-0.25, -0.2) is 0 Å². The third kappa shape index (κ3) is 3.88. The molecule has 0 radical (unpaired) electrons. The largest absolute Gasteiger partial charge is 0.497 e. The first-order valence-electron chi connectivity index (χ1n) is 9.82. The number of piperidine rings is 1. The maximum atomic E-state index is 13.1. The highest BCUT2D eigenvalue weighted by Gasteiger charge is 2.37. The first-order chi connectivity index (χ1) is 13.7. The molecule has 2 aromatic rings. The van der Waals surface area contributed by atoms with E-state index in [2.05, 4.69) is 23.1 Å². The summed E-state index contributed by atoms with van der Waals surface area (Å²) in [5.41, 5.74) is 2.42. The van der Waals surface area contributed by atoms with Gasteiger partial charge in [0.15, 0.2) is 0 Å². The number of methoxy groups -OCH3 is 1. The molecule has 0 spiro atoms. The van der Waals surface area contributed by atoms with Crippen molar-refractivity contribution in [2.75, 3.05) is 26.7 Å². The predicted molar refractivity (Wildman–Crippen MR) is 107 cm³/mol. The van der Waals surface area contributed by atoms with Crippen LogP contribution in [0.4, 0.5) is 0 Å². The Morgan fingerprint density at radius 1 is 1.14 bits per heavy atom. The van der Waals surface area contributed by atoms with Gasteiger partial charge in [0.25, 0.3) is 5.91 Å². The molecule has 3 aliphatic rings. The third-order valence-corrected chi connectivity index (χ3v) is 5.85. The number of hydrogen-bond acceptors (Lipinski definition) is 4. The van der Waals surface area contributed by atoms with Gasteiger partial charge in [-0.2, -0.15) is 5.26 Å². The molecule has 3 aliphatic heterocycles. The lowest BCUT2D eigenvalue weighted by Crippen LogP contribution is -2.47. The average molecular weight is 375 g/mol. The van der Waals surface area contributed by atoms with Gasteiger partial charge in [0.2, 0.25) is 0 Å². The molecule has 1 amide bonds. The molecule has 144 valence electrons. The quantitative estimate of drug-likeness (QED) is 0.823. The lowest BCUT2D eigenvalue weighted by Gasteiger charge is -2.36. The topological polar surface area (TPSA) is 56.6 Å². The molecule has 5 rings (SSSR count). The monoisotopic (exact) mass is 375 g/mol. The number of benzene rings is 2. The van der Waals surface area contributed by atoms with E-state index in [1.54, 1.807) is 25.3 Å². The van der Waals surface area contributed by atoms with Crippen LogP contribution in [0, 0.1) is 17.2 Å². The van der Waals surface area contributed by atoms with Crippen LogP contribution in [0.1, 0.15) is 34.3 Å². The molecule has 2 atom stereocenters. The zero-order valence-corrected chi connectivity index (χ0v) is 16.2. The summed E-state index contributed by atoms with van der Waals surface area (Å²) in [5, 5.41) is 9.12. The molecule has 3 heterocycles. The zero-order valence-electron chi connectivity index (χ0n) is 16.2. The van der Waals surface area contributed by atoms with Gasteiger partial charge in [0.05, 0.1) is 18.7 Å². The van der Waals surface area contributed by atoms with Crippen LogP contribution in [0.3, 0.4) is 0 Å². The molecule has 0 aromatic heterocycles. The van der Waals surface area contributed by atoms with E-state index in [9.17, 15) is 4.79 Å². The third-order valence-electron chi connectivity index (χ3n) is 5.85. The Bertz CT molecular complexity index is 887. The number of rotatable bonds is 4. The Balaban J connectivity index is 1.48. The van der Waals surface area contributed by atoms with E-state index in [0.717, 1.165) is 38.3 Å². The molecule has 0 N–H and O–H groups in total. The van der Waals surface area contributed by atoms with Gasteiger partial charge < -0.3 is 9.64 Å². The Morgan fingerprint density at radius 3 is 2.71 bits per heavy atom. The van der Waals surface area contributed by atoms with Crippen LogP contribution in [-0.4, -0.2) is 48.5 Å². The molecule has 0 unspecified atom stereocenters. The first-order valence-corrected chi connectivity index (χ1v) is 9.82. The van der Waals surface area contributed by atoms with Crippen molar-refractivity contribution in [1.82, 2.24) is 9.80 Å². The fraction of sp³-hybridized carbons (Fsp3) is 0.391. The van der Waals surface area contributed by atoms with Gasteiger partial charge in [-0.3, -0.25) is 9.69 Å². The van der Waals surface area contributed by atoms with Crippen molar-refractivity contribution in [2.45, 2.75) is 25.4 Å². The molecule has 0 aliphatic carbocycles. The van der Waals surface area contributed by atoms with Gasteiger partial charge in [0, 0.05) is 37.8 Å². The van der Waals surface area contributed by atoms with Gasteiger partial charge in [-0.05, 0) is 54.7 Å². The van der Waals surface area contributed by atoms with Crippen molar-refractivity contribution >= 4 is 5.91 Å². The number of hydrogen-bond donors (Lipinski definition) is 0. The molecule has 5 nitrogen and oxygen atoms in total. The van der Waals surface area contributed by atoms with Gasteiger partial charge in [-0.15, -0.1) is 0 Å². The smallest absolute Gasteiger partial charge is 0.254 e. The maximum Gasteiger partial charge on any atom is 0.254 e. The second-order valence-corrected chi connectivity index (χ2v) is 7.79. The van der Waals surface area contributed by atoms with Gasteiger partial charge >= 0.3 is 0 Å². The number of carbonyl (C=O) groups excluding carboxylic acids is 1. The van der Waals surface area contributed by atoms with Crippen LogP contribution in [0.15, 0.2) is 48.5 Å². The van der Waals surface area contributed by atoms with Crippen molar-refractivity contribution < 1.29 is 9.53 Å². The summed E-state index contributed by atoms with van der Waals surface area (Å²) in [5.74, 6) is 1.43. The van der Waals surface area contributed by atoms with E-state index in [1.165, 1.54) is 12.0 Å². The Labute approximate surface area is 166 Å². The van der Waals surface area contributed by atoms with E-state index < -0.39 is 0 Å². The molecule has 5 heteroatoms. The molecule has 0 saturated carbocycles. The number of carbonyl (C=O) groups is 1. The fourth-order valence-corrected chi connectivity index (χ4v) is 4.43. The highest BCUT2D eigenvalue weighted by Crippen LogP contribution is 2.30. The van der Waals surface area contributed by atoms with E-state index >= 15 is 0 Å². The van der Waals surface area contributed by atoms with Gasteiger partial charge in [0.1, 0.15) is 5.75 Å². The summed E-state index contributed by atoms with van der Waals surface area (Å²) in [6.07, 6.45) is 2.22. The second-order valence-electron chi connectivity index (χ2n) is 7.79. The van der Waals surface area contributed by atoms with E-state index in [0.29, 0.717) is 17.0 Å². The van der Waals surface area contributed by atoms with Crippen molar-refractivity contribution in [3.63, 3.8) is 0 Å². The lowest BCUT2D eigenvalue weighted by molar-refractivity contribution is 0.0585. The molecular weight excluding hydrogens is 350 g/mol. The summed E-state index contributed by atoms with van der Waals surface area (Å²) < 4.78 is 5.24. The maximum absolute atomic E-state index is 13.1. The van der Waals surface area contributed by atoms with Crippen LogP contribution >= 0.6 is 0 Å². The Morgan fingerprint density at radius 2 is 1.96 bits per heavy atom. The van der Waals surface area contributed by atoms with Crippen LogP contribution in [0.25, 0.3) is 0 Å². The lowest BCUT2D eigenvalue weighted by atomic mass is 9.94. The molecule has 3 fully saturated rings. The minimum absolute atomic E-state index is 0.0538. The summed E-state index contributed by atoms with van der Waals surface area (Å²) in [6.45, 7) is 3.61. The molecule has 2 aromatic carbocycles. The van der Waals surface area contributed by atoms with E-state index in [4.69, 9.17) is 10.00 Å². The Kier molecular flexibility index (Phi) is 5.31. The normalized spacial score (nSPS) is 21.8. The minimum Gasteiger partial charge on any atom is -0.497 e. The minimum atomic E-state index is 0.0538. The van der Waals surface area contributed by atoms with Crippen LogP contribution in [0.2, 0.25) is 0 Å². The number of nitrogens with zero attached hydrogens (tertiary/aromatic N) is 3. The number of nitriles is 1. The van der Waals surface area contributed by atoms with Crippen LogP contribution in [0.5, 0.6) is 5.75 Å². The molecular formula is C23H25N3O2. The van der Waals surface area contributed by atoms with Crippen molar-refractivity contribution in [2.24, 2.45) is 5.92 Å². The van der Waals surface area contributed by atoms with Gasteiger partial charge in [-0.1, -0.05) is 18.2 Å². The molecule has 3 saturated heterocycles. The predicted octanol–water partition coefficient (Wildman–Crippen LogP) is 3.30. The highest BCUT2D eigenvalue weighted by molar-refractivity contribution is 5.95. The highest BCUT2D eigenvalue weighted by atomic mass is 16.5. The van der Waals surface area contributed by atoms with Crippen molar-refractivity contribution in [3.05, 3.63) is 65.2 Å². The van der Waals surface area contributed by atoms with Crippen LogP contribution in [-0.2, 0) is 6.54 Å². The summed E-state index contributed by atoms with van der Waals surface area (Å²) >= 11 is 0. The van der Waals surface area contributed by atoms with Crippen molar-refractivity contribution in [3.8, 4) is 11.8 Å². The number of amides is 1. The summed E-state index contributed by atoms with van der Waals surface area (Å²) in [6, 6.07) is 17.6. The molecule has 2 bridgehead atoms. The number of fused-ring (bicyclic) bond motifs is 4. The van der Waals surface area contributed by atoms with E-state index in [1.807, 2.05) is 23.1 Å². The summed E-state index contributed by atoms with van der Waals surface area (Å²) in [7, 11) is 1.68. The average Bonchev–Trinajstić information content (AvgIpc) is 3.04. The Hall–Kier alpha value is -2.84. The van der Waals surface area contributed by atoms with Crippen molar-refractivity contribution in [1.29, 1.82) is 5.26 Å². The van der Waals surface area contributed by atoms with E-state index in [-0.39, 0.29) is 11.9 Å². The summed E-state index contributed by atoms with van der Waals surface area (Å²) in [4.78, 5) is 17.6. The molecule has 28 heavy (non-hydrogen) atoms. The first kappa shape index (κ1) is 18.5. The van der Waals surface area contributed by atoms with Crippen LogP contribution < -0.4 is 4.74 Å². The number of ether oxygens (including phenoxy) is 1.